The van der Waals surface area contributed by atoms with Crippen LogP contribution in [0.15, 0.2) is 96.2 Å². The maximum atomic E-state index is 12.5. The fraction of sp³-hybridized carbons (Fsp3) is 0.350. The third-order valence-corrected chi connectivity index (χ3v) is 9.97. The van der Waals surface area contributed by atoms with Gasteiger partial charge in [-0.15, -0.1) is 11.8 Å². The number of hydrogen-bond donors (Lipinski definition) is 4. The molecular formula is C40H45N3O7S. The Bertz CT molecular complexity index is 1780. The second-order valence-corrected chi connectivity index (χ2v) is 13.7. The predicted octanol–water partition coefficient (Wildman–Crippen LogP) is 6.84. The van der Waals surface area contributed by atoms with Gasteiger partial charge in [-0.3, -0.25) is 9.59 Å². The summed E-state index contributed by atoms with van der Waals surface area (Å²) in [5.41, 5.74) is 5.71. The van der Waals surface area contributed by atoms with Crippen molar-refractivity contribution in [1.29, 1.82) is 0 Å². The summed E-state index contributed by atoms with van der Waals surface area (Å²) in [5, 5.41) is 25.5. The van der Waals surface area contributed by atoms with Gasteiger partial charge >= 0.3 is 5.97 Å². The Kier molecular flexibility index (Phi) is 13.8. The number of carbonyl (C=O) groups excluding carboxylic acids is 2. The van der Waals surface area contributed by atoms with E-state index in [0.717, 1.165) is 52.6 Å². The number of carbonyl (C=O) groups is 3. The lowest BCUT2D eigenvalue weighted by molar-refractivity contribution is -0.268. The lowest BCUT2D eigenvalue weighted by Crippen LogP contribution is -2.38. The van der Waals surface area contributed by atoms with Crippen molar-refractivity contribution >= 4 is 29.5 Å². The first-order chi connectivity index (χ1) is 24.7. The van der Waals surface area contributed by atoms with Gasteiger partial charge in [-0.1, -0.05) is 74.0 Å². The highest BCUT2D eigenvalue weighted by molar-refractivity contribution is 7.99. The number of carboxylic acid groups (broad SMARTS) is 1. The van der Waals surface area contributed by atoms with Crippen LogP contribution in [0.5, 0.6) is 0 Å². The number of nitrogens with zero attached hydrogens (tertiary/aromatic N) is 1. The Morgan fingerprint density at radius 1 is 0.843 bits per heavy atom. The smallest absolute Gasteiger partial charge is 0.338 e. The Hall–Kier alpha value is -4.55. The van der Waals surface area contributed by atoms with E-state index in [-0.39, 0.29) is 42.1 Å². The summed E-state index contributed by atoms with van der Waals surface area (Å²) in [6, 6.07) is 27.0. The topological polar surface area (TPSA) is 147 Å². The van der Waals surface area contributed by atoms with E-state index in [2.05, 4.69) is 34.7 Å². The number of aromatic carboxylic acids is 1. The first-order valence-electron chi connectivity index (χ1n) is 17.2. The Balaban J connectivity index is 1.29. The fourth-order valence-corrected chi connectivity index (χ4v) is 7.16. The number of nitrogens with one attached hydrogen (secondary N) is 2. The highest BCUT2D eigenvalue weighted by Crippen LogP contribution is 2.43. The number of unbranched alkanes of at least 4 members (excludes halogenated alkanes) is 2. The van der Waals surface area contributed by atoms with Gasteiger partial charge in [-0.05, 0) is 64.9 Å². The molecular weight excluding hydrogens is 667 g/mol. The van der Waals surface area contributed by atoms with Gasteiger partial charge in [-0.2, -0.15) is 0 Å². The average molecular weight is 712 g/mol. The normalized spacial score (nSPS) is 18.6. The van der Waals surface area contributed by atoms with Crippen LogP contribution >= 0.6 is 11.8 Å². The summed E-state index contributed by atoms with van der Waals surface area (Å²) in [6.45, 7) is 4.56. The second-order valence-electron chi connectivity index (χ2n) is 12.7. The molecule has 1 aliphatic heterocycles. The van der Waals surface area contributed by atoms with Crippen LogP contribution in [-0.2, 0) is 32.2 Å². The molecule has 11 heteroatoms. The number of thioether (sulfide) groups is 1. The second kappa shape index (κ2) is 18.6. The average Bonchev–Trinajstić information content (AvgIpc) is 3.15. The van der Waals surface area contributed by atoms with Gasteiger partial charge < -0.3 is 30.3 Å². The predicted molar refractivity (Wildman–Crippen MR) is 196 cm³/mol. The minimum Gasteiger partial charge on any atom is -0.478 e. The van der Waals surface area contributed by atoms with Crippen molar-refractivity contribution in [3.05, 3.63) is 119 Å². The van der Waals surface area contributed by atoms with E-state index in [9.17, 15) is 24.6 Å². The van der Waals surface area contributed by atoms with Crippen molar-refractivity contribution in [1.82, 2.24) is 15.6 Å². The number of aliphatic hydroxyl groups excluding tert-OH is 1. The molecule has 1 aliphatic rings. The number of carboxylic acids is 1. The van der Waals surface area contributed by atoms with E-state index in [1.54, 1.807) is 18.3 Å². The Morgan fingerprint density at radius 2 is 1.61 bits per heavy atom. The monoisotopic (exact) mass is 711 g/mol. The number of amides is 2. The van der Waals surface area contributed by atoms with E-state index in [1.807, 2.05) is 60.7 Å². The Labute approximate surface area is 303 Å². The quantitative estimate of drug-likeness (QED) is 0.0725. The summed E-state index contributed by atoms with van der Waals surface area (Å²) in [5.74, 6) is -0.681. The van der Waals surface area contributed by atoms with Crippen molar-refractivity contribution in [3.63, 3.8) is 0 Å². The highest BCUT2D eigenvalue weighted by atomic mass is 32.2. The third kappa shape index (κ3) is 10.7. The van der Waals surface area contributed by atoms with Crippen molar-refractivity contribution in [2.45, 2.75) is 76.2 Å². The maximum absolute atomic E-state index is 12.5. The molecule has 0 bridgehead atoms. The molecule has 2 heterocycles. The van der Waals surface area contributed by atoms with Gasteiger partial charge in [0.15, 0.2) is 6.29 Å². The molecule has 2 amide bonds. The van der Waals surface area contributed by atoms with Crippen LogP contribution in [0, 0.1) is 5.92 Å². The van der Waals surface area contributed by atoms with E-state index in [1.165, 1.54) is 18.7 Å². The molecule has 4 atom stereocenters. The molecule has 268 valence electrons. The third-order valence-electron chi connectivity index (χ3n) is 8.87. The van der Waals surface area contributed by atoms with Gasteiger partial charge in [0.25, 0.3) is 0 Å². The van der Waals surface area contributed by atoms with E-state index in [4.69, 9.17) is 9.47 Å². The number of pyridine rings is 1. The molecule has 0 spiro atoms. The zero-order valence-electron chi connectivity index (χ0n) is 28.9. The molecule has 4 aromatic rings. The van der Waals surface area contributed by atoms with Crippen LogP contribution in [0.4, 0.5) is 0 Å². The largest absolute Gasteiger partial charge is 0.478 e. The van der Waals surface area contributed by atoms with Crippen molar-refractivity contribution in [2.75, 3.05) is 12.3 Å². The van der Waals surface area contributed by atoms with Crippen LogP contribution in [0.3, 0.4) is 0 Å². The van der Waals surface area contributed by atoms with Crippen LogP contribution in [-0.4, -0.2) is 51.4 Å². The van der Waals surface area contributed by atoms with E-state index in [0.29, 0.717) is 30.3 Å². The van der Waals surface area contributed by atoms with Crippen molar-refractivity contribution in [2.24, 2.45) is 5.92 Å². The standard InChI is InChI=1S/C40H45N3O7S/c1-26-35(25-51-38-34(39(47)48)13-8-20-42-38)49-40(50-37(26)30-17-15-28(24-44)16-18-30)33-12-7-11-32(22-33)31-10-6-9-29(21-31)23-43-36(46)14-4-3-5-19-41-27(2)45/h6-13,15-18,20-22,26,35,37,40,44H,3-5,14,19,23-25H2,1-2H3,(H,41,45)(H,43,46)(H,47,48). The lowest BCUT2D eigenvalue weighted by Gasteiger charge is -2.41. The minimum absolute atomic E-state index is 0.00162. The molecule has 10 nitrogen and oxygen atoms in total. The molecule has 0 aliphatic carbocycles. The number of ether oxygens (including phenoxy) is 2. The van der Waals surface area contributed by atoms with Crippen LogP contribution in [0.1, 0.15) is 84.5 Å². The number of hydrogen-bond acceptors (Lipinski definition) is 8. The molecule has 0 saturated carbocycles. The number of aromatic nitrogens is 1. The fourth-order valence-electron chi connectivity index (χ4n) is 6.01. The van der Waals surface area contributed by atoms with Gasteiger partial charge in [-0.25, -0.2) is 9.78 Å². The summed E-state index contributed by atoms with van der Waals surface area (Å²) in [7, 11) is 0. The molecule has 51 heavy (non-hydrogen) atoms. The van der Waals surface area contributed by atoms with E-state index >= 15 is 0 Å². The molecule has 1 saturated heterocycles. The van der Waals surface area contributed by atoms with Crippen LogP contribution < -0.4 is 10.6 Å². The number of aliphatic hydroxyl groups is 1. The van der Waals surface area contributed by atoms with Gasteiger partial charge in [0.1, 0.15) is 5.03 Å². The van der Waals surface area contributed by atoms with Gasteiger partial charge in [0, 0.05) is 49.9 Å². The van der Waals surface area contributed by atoms with Gasteiger partial charge in [0.2, 0.25) is 11.8 Å². The SMILES string of the molecule is CC(=O)NCCCCCC(=O)NCc1cccc(-c2cccc(C3OC(CSc4ncccc4C(=O)O)C(C)C(c4ccc(CO)cc4)O3)c2)c1. The lowest BCUT2D eigenvalue weighted by atomic mass is 9.91. The Morgan fingerprint density at radius 3 is 2.35 bits per heavy atom. The summed E-state index contributed by atoms with van der Waals surface area (Å²) < 4.78 is 13.3. The highest BCUT2D eigenvalue weighted by Gasteiger charge is 2.38. The zero-order valence-corrected chi connectivity index (χ0v) is 29.7. The van der Waals surface area contributed by atoms with Crippen LogP contribution in [0.2, 0.25) is 0 Å². The number of rotatable bonds is 16. The molecule has 1 fully saturated rings. The molecule has 5 rings (SSSR count). The molecule has 4 unspecified atom stereocenters. The number of benzene rings is 3. The first kappa shape index (κ1) is 37.7. The molecule has 0 radical (unpaired) electrons. The van der Waals surface area contributed by atoms with Gasteiger partial charge in [0.05, 0.1) is 24.4 Å². The maximum Gasteiger partial charge on any atom is 0.338 e. The van der Waals surface area contributed by atoms with Crippen LogP contribution in [0.25, 0.3) is 11.1 Å². The minimum atomic E-state index is -1.03. The molecule has 3 aromatic carbocycles. The van der Waals surface area contributed by atoms with Crippen molar-refractivity contribution < 1.29 is 34.1 Å². The summed E-state index contributed by atoms with van der Waals surface area (Å²) in [6.07, 6.45) is 3.20. The van der Waals surface area contributed by atoms with E-state index < -0.39 is 12.3 Å². The summed E-state index contributed by atoms with van der Waals surface area (Å²) in [4.78, 5) is 39.6. The molecule has 1 aromatic heterocycles. The zero-order chi connectivity index (χ0) is 36.2. The molecule has 4 N–H and O–H groups in total. The first-order valence-corrected chi connectivity index (χ1v) is 18.2. The van der Waals surface area contributed by atoms with Crippen molar-refractivity contribution in [3.8, 4) is 11.1 Å². The summed E-state index contributed by atoms with van der Waals surface area (Å²) >= 11 is 1.35.